The highest BCUT2D eigenvalue weighted by Crippen LogP contribution is 2.50. The minimum atomic E-state index is 1.12. The summed E-state index contributed by atoms with van der Waals surface area (Å²) >= 11 is 1.87. The summed E-state index contributed by atoms with van der Waals surface area (Å²) in [4.78, 5) is 4.89. The molecule has 0 saturated carbocycles. The molecule has 5 heteroatoms. The minimum absolute atomic E-state index is 1.12. The van der Waals surface area contributed by atoms with Crippen molar-refractivity contribution >= 4 is 131 Å². The van der Waals surface area contributed by atoms with Crippen LogP contribution in [0.15, 0.2) is 243 Å². The van der Waals surface area contributed by atoms with Crippen molar-refractivity contribution < 1.29 is 0 Å². The first-order chi connectivity index (χ1) is 34.2. The molecule has 0 amide bonds. The molecular formula is C64H40N4S. The van der Waals surface area contributed by atoms with Gasteiger partial charge in [0.1, 0.15) is 0 Å². The number of fused-ring (bicyclic) bond motifs is 3. The molecule has 0 aliphatic heterocycles. The summed E-state index contributed by atoms with van der Waals surface area (Å²) in [6.45, 7) is 0. The van der Waals surface area contributed by atoms with Crippen LogP contribution in [0.4, 0.5) is 34.1 Å². The van der Waals surface area contributed by atoms with Gasteiger partial charge in [0.25, 0.3) is 0 Å². The Kier molecular flexibility index (Phi) is 8.20. The number of hydrogen-bond donors (Lipinski definition) is 0. The maximum Gasteiger partial charge on any atom is 0.0548 e. The molecule has 3 aromatic heterocycles. The van der Waals surface area contributed by atoms with Crippen molar-refractivity contribution in [2.45, 2.75) is 0 Å². The van der Waals surface area contributed by atoms with E-state index in [9.17, 15) is 0 Å². The number of aromatic nitrogens is 2. The van der Waals surface area contributed by atoms with E-state index in [4.69, 9.17) is 0 Å². The fraction of sp³-hybridized carbons (Fsp3) is 0. The van der Waals surface area contributed by atoms with E-state index in [-0.39, 0.29) is 0 Å². The third-order valence-electron chi connectivity index (χ3n) is 14.4. The van der Waals surface area contributed by atoms with Crippen LogP contribution < -0.4 is 9.80 Å². The topological polar surface area (TPSA) is 16.3 Å². The molecule has 3 heterocycles. The van der Waals surface area contributed by atoms with Crippen molar-refractivity contribution in [3.05, 3.63) is 243 Å². The summed E-state index contributed by atoms with van der Waals surface area (Å²) in [5.74, 6) is 0. The minimum Gasteiger partial charge on any atom is -0.310 e. The predicted octanol–water partition coefficient (Wildman–Crippen LogP) is 18.4. The van der Waals surface area contributed by atoms with Gasteiger partial charge in [0.05, 0.1) is 33.4 Å². The van der Waals surface area contributed by atoms with Gasteiger partial charge in [0.2, 0.25) is 0 Å². The monoisotopic (exact) mass is 896 g/mol. The van der Waals surface area contributed by atoms with E-state index >= 15 is 0 Å². The largest absolute Gasteiger partial charge is 0.310 e. The normalized spacial score (nSPS) is 12.1. The molecule has 15 rings (SSSR count). The maximum absolute atomic E-state index is 2.44. The van der Waals surface area contributed by atoms with E-state index in [2.05, 4.69) is 262 Å². The van der Waals surface area contributed by atoms with Crippen molar-refractivity contribution in [3.63, 3.8) is 0 Å². The van der Waals surface area contributed by atoms with E-state index in [0.717, 1.165) is 34.1 Å². The summed E-state index contributed by atoms with van der Waals surface area (Å²) in [5.41, 5.74) is 14.0. The highest BCUT2D eigenvalue weighted by atomic mass is 32.1. The Morgan fingerprint density at radius 1 is 0.275 bits per heavy atom. The summed E-state index contributed by atoms with van der Waals surface area (Å²) < 4.78 is 7.34. The van der Waals surface area contributed by atoms with E-state index in [1.54, 1.807) is 0 Å². The van der Waals surface area contributed by atoms with E-state index < -0.39 is 0 Å². The van der Waals surface area contributed by atoms with Gasteiger partial charge < -0.3 is 18.9 Å². The third kappa shape index (κ3) is 5.62. The van der Waals surface area contributed by atoms with Gasteiger partial charge in [-0.15, -0.1) is 11.3 Å². The number of anilines is 6. The van der Waals surface area contributed by atoms with E-state index in [0.29, 0.717) is 0 Å². The predicted molar refractivity (Wildman–Crippen MR) is 295 cm³/mol. The fourth-order valence-corrected chi connectivity index (χ4v) is 12.7. The van der Waals surface area contributed by atoms with Crippen LogP contribution in [-0.4, -0.2) is 9.13 Å². The van der Waals surface area contributed by atoms with Crippen molar-refractivity contribution in [1.29, 1.82) is 0 Å². The van der Waals surface area contributed by atoms with Crippen LogP contribution >= 0.6 is 11.3 Å². The molecule has 0 unspecified atom stereocenters. The number of hydrogen-bond acceptors (Lipinski definition) is 3. The van der Waals surface area contributed by atoms with Crippen molar-refractivity contribution in [2.75, 3.05) is 9.80 Å². The molecule has 0 radical (unpaired) electrons. The second-order valence-corrected chi connectivity index (χ2v) is 19.2. The Hall–Kier alpha value is -8.90. The second-order valence-electron chi connectivity index (χ2n) is 18.1. The summed E-state index contributed by atoms with van der Waals surface area (Å²) in [6.07, 6.45) is 0. The average Bonchev–Trinajstić information content (AvgIpc) is 4.08. The highest BCUT2D eigenvalue weighted by molar-refractivity contribution is 7.25. The molecule has 0 N–H and O–H groups in total. The van der Waals surface area contributed by atoms with Gasteiger partial charge in [-0.1, -0.05) is 133 Å². The molecule has 0 aliphatic carbocycles. The first-order valence-corrected chi connectivity index (χ1v) is 24.4. The summed E-state index contributed by atoms with van der Waals surface area (Å²) in [5, 5.41) is 12.7. The Balaban J connectivity index is 0.895. The number of rotatable bonds is 8. The zero-order valence-corrected chi connectivity index (χ0v) is 38.1. The molecule has 15 aromatic rings. The first-order valence-electron chi connectivity index (χ1n) is 23.6. The number of thiophene rings is 1. The number of para-hydroxylation sites is 4. The van der Waals surface area contributed by atoms with Crippen LogP contribution in [0.5, 0.6) is 0 Å². The molecule has 0 atom stereocenters. The van der Waals surface area contributed by atoms with Gasteiger partial charge in [-0.05, 0) is 120 Å². The van der Waals surface area contributed by atoms with Crippen LogP contribution in [-0.2, 0) is 0 Å². The van der Waals surface area contributed by atoms with Gasteiger partial charge in [-0.25, -0.2) is 0 Å². The summed E-state index contributed by atoms with van der Waals surface area (Å²) in [7, 11) is 0. The smallest absolute Gasteiger partial charge is 0.0548 e. The van der Waals surface area contributed by atoms with E-state index in [1.165, 1.54) is 96.7 Å². The Morgan fingerprint density at radius 3 is 1.10 bits per heavy atom. The molecule has 0 spiro atoms. The first kappa shape index (κ1) is 38.2. The van der Waals surface area contributed by atoms with Crippen LogP contribution in [0.2, 0.25) is 0 Å². The Labute approximate surface area is 401 Å². The van der Waals surface area contributed by atoms with Crippen LogP contribution in [0.1, 0.15) is 0 Å². The van der Waals surface area contributed by atoms with Gasteiger partial charge in [0.15, 0.2) is 0 Å². The van der Waals surface area contributed by atoms with Crippen molar-refractivity contribution in [2.24, 2.45) is 0 Å². The Bertz CT molecular complexity index is 4130. The zero-order valence-electron chi connectivity index (χ0n) is 37.3. The van der Waals surface area contributed by atoms with E-state index in [1.807, 2.05) is 11.3 Å². The SMILES string of the molecule is c1ccc(N(c2ccc3c(c2)sc2cc(N(c4ccccc4)c4ccc5c6c4ccc4cccc(c46)n5-c4ccccc4)ccc23)c2ccc3c4c2ccc2cccc(c24)n3-c2ccccc2)cc1. The highest BCUT2D eigenvalue weighted by Gasteiger charge is 2.25. The van der Waals surface area contributed by atoms with Gasteiger partial charge in [-0.3, -0.25) is 0 Å². The molecule has 0 aliphatic rings. The van der Waals surface area contributed by atoms with Gasteiger partial charge in [-0.2, -0.15) is 0 Å². The fourth-order valence-electron chi connectivity index (χ4n) is 11.5. The zero-order chi connectivity index (χ0) is 45.2. The standard InChI is InChI=1S/C64H40N4S/c1-5-17-43(18-6-1)65(53-35-37-57-63-51(53)31-27-41-15-13-25-55(61(41)63)67(57)45-21-9-3-10-22-45)47-29-33-49-50-34-30-48(40-60(50)69-59(49)39-47)66(44-19-7-2-8-20-44)54-36-38-58-64-52(54)32-28-42-16-14-26-56(62(42)64)68(58)46-23-11-4-12-24-46/h1-40H. The van der Waals surface area contributed by atoms with Crippen LogP contribution in [0, 0.1) is 0 Å². The molecular weight excluding hydrogens is 857 g/mol. The second kappa shape index (κ2) is 14.8. The lowest BCUT2D eigenvalue weighted by atomic mass is 9.99. The lowest BCUT2D eigenvalue weighted by Gasteiger charge is -2.27. The third-order valence-corrected chi connectivity index (χ3v) is 15.5. The molecule has 0 bridgehead atoms. The molecule has 0 fully saturated rings. The number of nitrogens with zero attached hydrogens (tertiary/aromatic N) is 4. The molecule has 12 aromatic carbocycles. The van der Waals surface area contributed by atoms with Gasteiger partial charge in [0, 0.05) is 86.6 Å². The quantitative estimate of drug-likeness (QED) is 0.141. The lowest BCUT2D eigenvalue weighted by Crippen LogP contribution is -2.10. The average molecular weight is 897 g/mol. The molecule has 4 nitrogen and oxygen atoms in total. The summed E-state index contributed by atoms with van der Waals surface area (Å²) in [6, 6.07) is 89.1. The van der Waals surface area contributed by atoms with Gasteiger partial charge >= 0.3 is 0 Å². The maximum atomic E-state index is 2.44. The van der Waals surface area contributed by atoms with Crippen LogP contribution in [0.3, 0.4) is 0 Å². The van der Waals surface area contributed by atoms with Crippen molar-refractivity contribution in [1.82, 2.24) is 9.13 Å². The van der Waals surface area contributed by atoms with Crippen LogP contribution in [0.25, 0.3) is 96.7 Å². The van der Waals surface area contributed by atoms with Crippen molar-refractivity contribution in [3.8, 4) is 11.4 Å². The molecule has 0 saturated heterocycles. The lowest BCUT2D eigenvalue weighted by molar-refractivity contribution is 1.18. The molecule has 322 valence electrons. The Morgan fingerprint density at radius 2 is 0.667 bits per heavy atom. The molecule has 69 heavy (non-hydrogen) atoms. The number of benzene rings is 12.